The first-order valence-electron chi connectivity index (χ1n) is 5.87. The van der Waals surface area contributed by atoms with Crippen molar-refractivity contribution >= 4 is 15.2 Å². The molecule has 1 unspecified atom stereocenters. The van der Waals surface area contributed by atoms with Crippen LogP contribution in [-0.4, -0.2) is 21.1 Å². The minimum absolute atomic E-state index is 0. The van der Waals surface area contributed by atoms with Gasteiger partial charge in [0.15, 0.2) is 0 Å². The van der Waals surface area contributed by atoms with Crippen LogP contribution in [0.25, 0.3) is 0 Å². The first kappa shape index (κ1) is 21.7. The first-order valence-corrected chi connectivity index (χ1v) is 12.7. The van der Waals surface area contributed by atoms with Gasteiger partial charge in [-0.25, -0.2) is 0 Å². The smallest absolute Gasteiger partial charge is 1.00 e. The molecular weight excluding hydrogens is 334 g/mol. The molecule has 1 aliphatic carbocycles. The maximum Gasteiger partial charge on any atom is -1.00 e. The van der Waals surface area contributed by atoms with Crippen LogP contribution in [-0.2, 0) is 20.4 Å². The van der Waals surface area contributed by atoms with Crippen molar-refractivity contribution in [3.05, 3.63) is 20.6 Å². The molecule has 0 fully saturated rings. The summed E-state index contributed by atoms with van der Waals surface area (Å²) in [5.74, 6) is 0. The van der Waals surface area contributed by atoms with Crippen LogP contribution in [0.15, 0.2) is 20.6 Å². The molecule has 0 aromatic rings. The van der Waals surface area contributed by atoms with Crippen LogP contribution in [0.2, 0.25) is 18.1 Å². The Morgan fingerprint density at radius 3 is 1.61 bits per heavy atom. The second-order valence-electron chi connectivity index (χ2n) is 5.83. The zero-order chi connectivity index (χ0) is 12.9. The molecule has 0 aliphatic heterocycles. The molecule has 1 rings (SSSR count). The molecule has 0 aromatic carbocycles. The fourth-order valence-corrected chi connectivity index (χ4v) is 11.5. The predicted molar refractivity (Wildman–Crippen MR) is 75.7 cm³/mol. The predicted octanol–water partition coefficient (Wildman–Crippen LogP) is -1.13. The van der Waals surface area contributed by atoms with Crippen LogP contribution >= 0.6 is 7.47 Å². The average Bonchev–Trinajstić information content (AvgIpc) is 2.35. The Balaban J connectivity index is 0. The van der Waals surface area contributed by atoms with Gasteiger partial charge >= 0.3 is 115 Å². The van der Waals surface area contributed by atoms with Crippen LogP contribution in [0.3, 0.4) is 0 Å². The van der Waals surface area contributed by atoms with E-state index in [2.05, 4.69) is 74.6 Å². The molecule has 0 N–H and O–H groups in total. The van der Waals surface area contributed by atoms with Crippen LogP contribution in [0.1, 0.15) is 27.7 Å². The normalized spacial score (nSPS) is 24.4. The third kappa shape index (κ3) is 2.88. The van der Waals surface area contributed by atoms with Crippen molar-refractivity contribution in [1.82, 2.24) is 0 Å². The Morgan fingerprint density at radius 1 is 1.00 bits per heavy atom. The SMILES string of the molecule is CC1=C(C)C(C)([Si](C)(C)P(C)C)[C]([Ti+2])=C1C.[Cl-].[Cl-]. The Kier molecular flexibility index (Phi) is 8.35. The summed E-state index contributed by atoms with van der Waals surface area (Å²) in [7, 11) is -1.06. The molecular formula is C13H24Cl2PSiTi. The molecule has 0 radical (unpaired) electrons. The minimum atomic E-state index is -1.23. The largest absolute Gasteiger partial charge is 1.00 e. The molecule has 18 heavy (non-hydrogen) atoms. The molecule has 103 valence electrons. The standard InChI is InChI=1S/C13H24PSi.2ClH.Ti/c1-10-9-13(4,12(3)11(10)2)15(7,8)14(5)6;;;/h1-8H3;2*1H;/q;;;+2/p-2. The summed E-state index contributed by atoms with van der Waals surface area (Å²) in [4.78, 5) is 0. The molecule has 0 heterocycles. The van der Waals surface area contributed by atoms with Gasteiger partial charge in [-0.05, 0) is 0 Å². The number of hydrogen-bond acceptors (Lipinski definition) is 0. The van der Waals surface area contributed by atoms with Crippen molar-refractivity contribution in [3.8, 4) is 0 Å². The number of halogens is 2. The van der Waals surface area contributed by atoms with Crippen LogP contribution in [0.5, 0.6) is 0 Å². The maximum atomic E-state index is 2.58. The van der Waals surface area contributed by atoms with E-state index < -0.39 is 7.74 Å². The summed E-state index contributed by atoms with van der Waals surface area (Å²) >= 11 is 2.36. The van der Waals surface area contributed by atoms with Gasteiger partial charge in [0, 0.05) is 0 Å². The Morgan fingerprint density at radius 2 is 1.39 bits per heavy atom. The zero-order valence-electron chi connectivity index (χ0n) is 12.7. The van der Waals surface area contributed by atoms with Crippen LogP contribution in [0.4, 0.5) is 0 Å². The number of rotatable bonds is 2. The van der Waals surface area contributed by atoms with Crippen LogP contribution < -0.4 is 24.8 Å². The molecule has 0 bridgehead atoms. The molecule has 5 heteroatoms. The summed E-state index contributed by atoms with van der Waals surface area (Å²) in [6.07, 6.45) is 0. The molecule has 0 amide bonds. The molecule has 1 aliphatic rings. The minimum Gasteiger partial charge on any atom is -1.00 e. The second-order valence-corrected chi connectivity index (χ2v) is 18.6. The van der Waals surface area contributed by atoms with Crippen molar-refractivity contribution in [2.75, 3.05) is 13.3 Å². The maximum absolute atomic E-state index is 2.58. The third-order valence-electron chi connectivity index (χ3n) is 5.09. The van der Waals surface area contributed by atoms with E-state index in [4.69, 9.17) is 0 Å². The fourth-order valence-electron chi connectivity index (χ4n) is 2.62. The quantitative estimate of drug-likeness (QED) is 0.433. The van der Waals surface area contributed by atoms with Gasteiger partial charge in [-0.3, -0.25) is 0 Å². The average molecular weight is 358 g/mol. The van der Waals surface area contributed by atoms with Gasteiger partial charge in [-0.1, -0.05) is 0 Å². The van der Waals surface area contributed by atoms with Gasteiger partial charge < -0.3 is 24.8 Å². The fraction of sp³-hybridized carbons (Fsp3) is 0.692. The van der Waals surface area contributed by atoms with Crippen molar-refractivity contribution in [2.24, 2.45) is 0 Å². The molecule has 0 saturated heterocycles. The summed E-state index contributed by atoms with van der Waals surface area (Å²) < 4.78 is 1.65. The molecule has 0 nitrogen and oxygen atoms in total. The van der Waals surface area contributed by atoms with Crippen molar-refractivity contribution in [1.29, 1.82) is 0 Å². The number of allylic oxidation sites excluding steroid dienone is 4. The second kappa shape index (κ2) is 6.92. The van der Waals surface area contributed by atoms with E-state index in [-0.39, 0.29) is 32.3 Å². The summed E-state index contributed by atoms with van der Waals surface area (Å²) in [5.41, 5.74) is 4.75. The van der Waals surface area contributed by atoms with E-state index in [1.165, 1.54) is 0 Å². The van der Waals surface area contributed by atoms with Crippen molar-refractivity contribution < 1.29 is 45.2 Å². The van der Waals surface area contributed by atoms with E-state index in [0.29, 0.717) is 5.04 Å². The third-order valence-corrected chi connectivity index (χ3v) is 20.2. The van der Waals surface area contributed by atoms with Gasteiger partial charge in [-0.2, -0.15) is 0 Å². The monoisotopic (exact) mass is 357 g/mol. The Bertz CT molecular complexity index is 362. The van der Waals surface area contributed by atoms with Gasteiger partial charge in [0.1, 0.15) is 0 Å². The topological polar surface area (TPSA) is 0 Å². The van der Waals surface area contributed by atoms with Crippen LogP contribution in [0, 0.1) is 0 Å². The van der Waals surface area contributed by atoms with E-state index in [1.807, 2.05) is 0 Å². The van der Waals surface area contributed by atoms with E-state index >= 15 is 0 Å². The van der Waals surface area contributed by atoms with Gasteiger partial charge in [0.25, 0.3) is 0 Å². The van der Waals surface area contributed by atoms with Gasteiger partial charge in [0.05, 0.1) is 0 Å². The van der Waals surface area contributed by atoms with Gasteiger partial charge in [0.2, 0.25) is 0 Å². The molecule has 0 saturated carbocycles. The van der Waals surface area contributed by atoms with Crippen molar-refractivity contribution in [2.45, 2.75) is 45.8 Å². The van der Waals surface area contributed by atoms with Gasteiger partial charge in [-0.15, -0.1) is 0 Å². The van der Waals surface area contributed by atoms with E-state index in [1.54, 1.807) is 20.6 Å². The molecule has 0 spiro atoms. The summed E-state index contributed by atoms with van der Waals surface area (Å²) in [6.45, 7) is 19.6. The molecule has 1 atom stereocenters. The Hall–Kier alpha value is 1.42. The molecule has 0 aromatic heterocycles. The first-order chi connectivity index (χ1) is 7.08. The summed E-state index contributed by atoms with van der Waals surface area (Å²) in [6, 6.07) is 0. The Labute approximate surface area is 139 Å². The van der Waals surface area contributed by atoms with E-state index in [9.17, 15) is 0 Å². The number of hydrogen-bond donors (Lipinski definition) is 0. The van der Waals surface area contributed by atoms with E-state index in [0.717, 1.165) is 0 Å². The summed E-state index contributed by atoms with van der Waals surface area (Å²) in [5, 5.41) is 0.399. The zero-order valence-corrected chi connectivity index (χ0v) is 17.7. The van der Waals surface area contributed by atoms with Crippen molar-refractivity contribution in [3.63, 3.8) is 0 Å².